The van der Waals surface area contributed by atoms with E-state index in [0.717, 1.165) is 22.5 Å². The van der Waals surface area contributed by atoms with Crippen LogP contribution in [0.4, 0.5) is 5.69 Å². The second-order valence-electron chi connectivity index (χ2n) is 5.46. The molecule has 0 amide bonds. The van der Waals surface area contributed by atoms with Gasteiger partial charge in [0.25, 0.3) is 0 Å². The van der Waals surface area contributed by atoms with Crippen molar-refractivity contribution in [1.29, 1.82) is 5.26 Å². The molecule has 0 saturated heterocycles. The van der Waals surface area contributed by atoms with Gasteiger partial charge in [0.1, 0.15) is 0 Å². The third-order valence-corrected chi connectivity index (χ3v) is 4.62. The summed E-state index contributed by atoms with van der Waals surface area (Å²) in [6.45, 7) is 0.539. The number of aliphatic imine (C=N–C) groups is 1. The molecule has 1 unspecified atom stereocenters. The number of hydrogen-bond donors (Lipinski definition) is 0. The summed E-state index contributed by atoms with van der Waals surface area (Å²) in [5, 5.41) is 10.4. The average Bonchev–Trinajstić information content (AvgIpc) is 2.67. The first-order chi connectivity index (χ1) is 11.1. The van der Waals surface area contributed by atoms with Crippen LogP contribution < -0.4 is 4.90 Å². The summed E-state index contributed by atoms with van der Waals surface area (Å²) in [5.74, 6) is 0. The molecule has 1 atom stereocenters. The van der Waals surface area contributed by atoms with E-state index in [1.54, 1.807) is 0 Å². The number of nitriles is 1. The van der Waals surface area contributed by atoms with E-state index in [4.69, 9.17) is 33.5 Å². The summed E-state index contributed by atoms with van der Waals surface area (Å²) in [4.78, 5) is 6.87. The first-order valence-electron chi connectivity index (χ1n) is 7.31. The molecule has 2 aromatic rings. The maximum atomic E-state index is 9.08. The summed E-state index contributed by atoms with van der Waals surface area (Å²) in [6.07, 6.45) is 0.415. The van der Waals surface area contributed by atoms with E-state index >= 15 is 0 Å². The van der Waals surface area contributed by atoms with Gasteiger partial charge < -0.3 is 4.90 Å². The maximum Gasteiger partial charge on any atom is 0.0756 e. The SMILES string of the molecule is CN1c2ccc(Cl)cc2C(c2ccccc2Cl)=NCC1CC#N. The van der Waals surface area contributed by atoms with Crippen molar-refractivity contribution < 1.29 is 0 Å². The van der Waals surface area contributed by atoms with E-state index in [0.29, 0.717) is 23.0 Å². The Morgan fingerprint density at radius 2 is 2.00 bits per heavy atom. The lowest BCUT2D eigenvalue weighted by Gasteiger charge is -2.27. The average molecular weight is 344 g/mol. The summed E-state index contributed by atoms with van der Waals surface area (Å²) in [7, 11) is 1.99. The molecule has 0 aromatic heterocycles. The Morgan fingerprint density at radius 1 is 1.22 bits per heavy atom. The van der Waals surface area contributed by atoms with Crippen LogP contribution in [-0.2, 0) is 0 Å². The van der Waals surface area contributed by atoms with Crippen molar-refractivity contribution in [3.05, 3.63) is 63.6 Å². The number of rotatable bonds is 2. The fourth-order valence-corrected chi connectivity index (χ4v) is 3.19. The highest BCUT2D eigenvalue weighted by molar-refractivity contribution is 6.36. The van der Waals surface area contributed by atoms with Gasteiger partial charge in [-0.05, 0) is 24.3 Å². The van der Waals surface area contributed by atoms with Crippen molar-refractivity contribution in [2.45, 2.75) is 12.5 Å². The van der Waals surface area contributed by atoms with Crippen molar-refractivity contribution in [3.8, 4) is 6.07 Å². The Hall–Kier alpha value is -2.02. The maximum absolute atomic E-state index is 9.08. The number of benzodiazepines with no additional fused rings is 1. The molecule has 0 radical (unpaired) electrons. The van der Waals surface area contributed by atoms with Crippen molar-refractivity contribution in [2.75, 3.05) is 18.5 Å². The zero-order valence-electron chi connectivity index (χ0n) is 12.6. The largest absolute Gasteiger partial charge is 0.368 e. The quantitative estimate of drug-likeness (QED) is 0.801. The van der Waals surface area contributed by atoms with E-state index in [1.165, 1.54) is 0 Å². The van der Waals surface area contributed by atoms with Gasteiger partial charge in [-0.1, -0.05) is 41.4 Å². The molecule has 1 aliphatic heterocycles. The predicted octanol–water partition coefficient (Wildman–Crippen LogP) is 4.56. The molecule has 0 fully saturated rings. The fraction of sp³-hybridized carbons (Fsp3) is 0.222. The molecule has 3 nitrogen and oxygen atoms in total. The highest BCUT2D eigenvalue weighted by Gasteiger charge is 2.25. The molecule has 5 heteroatoms. The number of halogens is 2. The first kappa shape index (κ1) is 15.9. The molecule has 0 spiro atoms. The summed E-state index contributed by atoms with van der Waals surface area (Å²) in [6, 6.07) is 15.6. The number of benzene rings is 2. The van der Waals surface area contributed by atoms with Crippen molar-refractivity contribution in [1.82, 2.24) is 0 Å². The van der Waals surface area contributed by atoms with E-state index in [1.807, 2.05) is 49.5 Å². The van der Waals surface area contributed by atoms with Crippen LogP contribution in [0.25, 0.3) is 0 Å². The molecule has 3 rings (SSSR count). The summed E-state index contributed by atoms with van der Waals surface area (Å²) >= 11 is 12.6. The number of hydrogen-bond acceptors (Lipinski definition) is 3. The Kier molecular flexibility index (Phi) is 4.56. The van der Waals surface area contributed by atoms with Crippen molar-refractivity contribution >= 4 is 34.6 Å². The number of fused-ring (bicyclic) bond motifs is 1. The van der Waals surface area contributed by atoms with Crippen LogP contribution in [0, 0.1) is 11.3 Å². The molecule has 0 bridgehead atoms. The van der Waals surface area contributed by atoms with Gasteiger partial charge >= 0.3 is 0 Å². The van der Waals surface area contributed by atoms with Crippen LogP contribution >= 0.6 is 23.2 Å². The normalized spacial score (nSPS) is 17.0. The Labute approximate surface area is 145 Å². The van der Waals surface area contributed by atoms with E-state index < -0.39 is 0 Å². The smallest absolute Gasteiger partial charge is 0.0756 e. The molecule has 116 valence electrons. The van der Waals surface area contributed by atoms with Crippen LogP contribution in [0.15, 0.2) is 47.5 Å². The molecule has 1 aliphatic rings. The molecule has 2 aromatic carbocycles. The number of anilines is 1. The molecule has 0 saturated carbocycles. The highest BCUT2D eigenvalue weighted by Crippen LogP contribution is 2.32. The van der Waals surface area contributed by atoms with Crippen LogP contribution in [0.2, 0.25) is 10.0 Å². The third-order valence-electron chi connectivity index (χ3n) is 4.06. The second kappa shape index (κ2) is 6.62. The van der Waals surface area contributed by atoms with Gasteiger partial charge in [0.05, 0.1) is 30.8 Å². The monoisotopic (exact) mass is 343 g/mol. The first-order valence-corrected chi connectivity index (χ1v) is 8.06. The Balaban J connectivity index is 2.20. The van der Waals surface area contributed by atoms with Crippen LogP contribution in [-0.4, -0.2) is 25.3 Å². The lowest BCUT2D eigenvalue weighted by Crippen LogP contribution is -2.33. The van der Waals surface area contributed by atoms with Crippen LogP contribution in [0.5, 0.6) is 0 Å². The van der Waals surface area contributed by atoms with Gasteiger partial charge in [-0.15, -0.1) is 0 Å². The second-order valence-corrected chi connectivity index (χ2v) is 6.30. The topological polar surface area (TPSA) is 39.4 Å². The molecule has 23 heavy (non-hydrogen) atoms. The Bertz CT molecular complexity index is 808. The van der Waals surface area contributed by atoms with E-state index in [9.17, 15) is 0 Å². The third kappa shape index (κ3) is 3.06. The minimum Gasteiger partial charge on any atom is -0.368 e. The summed E-state index contributed by atoms with van der Waals surface area (Å²) in [5.41, 5.74) is 3.64. The lowest BCUT2D eigenvalue weighted by molar-refractivity contribution is 0.657. The fourth-order valence-electron chi connectivity index (χ4n) is 2.80. The van der Waals surface area contributed by atoms with Crippen molar-refractivity contribution in [3.63, 3.8) is 0 Å². The van der Waals surface area contributed by atoms with Gasteiger partial charge in [-0.2, -0.15) is 5.26 Å². The molecular weight excluding hydrogens is 329 g/mol. The predicted molar refractivity (Wildman–Crippen MR) is 95.8 cm³/mol. The molecule has 0 aliphatic carbocycles. The summed E-state index contributed by atoms with van der Waals surface area (Å²) < 4.78 is 0. The lowest BCUT2D eigenvalue weighted by atomic mass is 10.00. The zero-order chi connectivity index (χ0) is 16.4. The van der Waals surface area contributed by atoms with Gasteiger partial charge in [0.2, 0.25) is 0 Å². The van der Waals surface area contributed by atoms with Crippen molar-refractivity contribution in [2.24, 2.45) is 4.99 Å². The van der Waals surface area contributed by atoms with Gasteiger partial charge in [0, 0.05) is 33.9 Å². The number of likely N-dealkylation sites (N-methyl/N-ethyl adjacent to an activating group) is 1. The van der Waals surface area contributed by atoms with E-state index in [2.05, 4.69) is 11.0 Å². The van der Waals surface area contributed by atoms with Gasteiger partial charge in [0.15, 0.2) is 0 Å². The zero-order valence-corrected chi connectivity index (χ0v) is 14.1. The molecule has 1 heterocycles. The van der Waals surface area contributed by atoms with E-state index in [-0.39, 0.29) is 6.04 Å². The number of nitrogens with zero attached hydrogens (tertiary/aromatic N) is 3. The minimum atomic E-state index is 0.0277. The van der Waals surface area contributed by atoms with Crippen LogP contribution in [0.3, 0.4) is 0 Å². The molecular formula is C18H15Cl2N3. The molecule has 0 N–H and O–H groups in total. The Morgan fingerprint density at radius 3 is 2.74 bits per heavy atom. The standard InChI is InChI=1S/C18H15Cl2N3/c1-23-13(8-9-21)11-22-18(14-4-2-3-5-16(14)20)15-10-12(19)6-7-17(15)23/h2-7,10,13H,8,11H2,1H3. The highest BCUT2D eigenvalue weighted by atomic mass is 35.5. The van der Waals surface area contributed by atoms with Gasteiger partial charge in [-0.3, -0.25) is 4.99 Å². The van der Waals surface area contributed by atoms with Gasteiger partial charge in [-0.25, -0.2) is 0 Å². The van der Waals surface area contributed by atoms with Crippen LogP contribution in [0.1, 0.15) is 17.5 Å². The minimum absolute atomic E-state index is 0.0277.